The third kappa shape index (κ3) is 2.26. The summed E-state index contributed by atoms with van der Waals surface area (Å²) in [6, 6.07) is 3.19. The van der Waals surface area contributed by atoms with Gasteiger partial charge in [0.15, 0.2) is 0 Å². The highest BCUT2D eigenvalue weighted by Crippen LogP contribution is 2.32. The van der Waals surface area contributed by atoms with Gasteiger partial charge in [-0.05, 0) is 12.1 Å². The van der Waals surface area contributed by atoms with Gasteiger partial charge in [-0.1, -0.05) is 0 Å². The van der Waals surface area contributed by atoms with Crippen LogP contribution in [0.25, 0.3) is 4.91 Å². The number of nitrogens with zero attached hydrogens (tertiary/aromatic N) is 1. The van der Waals surface area contributed by atoms with Crippen LogP contribution in [-0.4, -0.2) is 34.8 Å². The van der Waals surface area contributed by atoms with E-state index in [1.165, 1.54) is 0 Å². The van der Waals surface area contributed by atoms with Crippen LogP contribution >= 0.6 is 0 Å². The van der Waals surface area contributed by atoms with Gasteiger partial charge in [0.05, 0.1) is 10.6 Å². The third-order valence-corrected chi connectivity index (χ3v) is 3.56. The maximum Gasteiger partial charge on any atom is 0.294 e. The van der Waals surface area contributed by atoms with Gasteiger partial charge in [-0.15, -0.1) is 0 Å². The second-order valence-electron chi connectivity index (χ2n) is 3.85. The monoisotopic (exact) mass is 284 g/mol. The van der Waals surface area contributed by atoms with Crippen molar-refractivity contribution in [2.45, 2.75) is 6.10 Å². The summed E-state index contributed by atoms with van der Waals surface area (Å²) in [5.74, 6) is 0. The lowest BCUT2D eigenvalue weighted by atomic mass is 9.93. The molecule has 1 aliphatic rings. The minimum atomic E-state index is -4.66. The van der Waals surface area contributed by atoms with Gasteiger partial charge in [-0.3, -0.25) is 14.7 Å². The van der Waals surface area contributed by atoms with Gasteiger partial charge in [0, 0.05) is 23.3 Å². The van der Waals surface area contributed by atoms with E-state index in [0.29, 0.717) is 0 Å². The Morgan fingerprint density at radius 1 is 1.32 bits per heavy atom. The first-order valence-corrected chi connectivity index (χ1v) is 6.41. The van der Waals surface area contributed by atoms with Crippen LogP contribution in [0.5, 0.6) is 0 Å². The Bertz CT molecular complexity index is 722. The zero-order chi connectivity index (χ0) is 14.4. The molecule has 0 heterocycles. The summed E-state index contributed by atoms with van der Waals surface area (Å²) in [7, 11) is -4.66. The predicted octanol–water partition coefficient (Wildman–Crippen LogP) is 0.566. The Kier molecular flexibility index (Phi) is 2.97. The van der Waals surface area contributed by atoms with Crippen LogP contribution in [0.15, 0.2) is 24.3 Å². The predicted molar refractivity (Wildman–Crippen MR) is 65.5 cm³/mol. The Balaban J connectivity index is 2.76. The van der Waals surface area contributed by atoms with Crippen LogP contribution < -0.4 is 0 Å². The molecule has 8 nitrogen and oxygen atoms in total. The quantitative estimate of drug-likeness (QED) is 0.411. The molecule has 100 valence electrons. The SMILES string of the molecule is N=C1c2ccc([N+](=O)[O-])cc2C(S(=O)(=O)O)=CC1O. The van der Waals surface area contributed by atoms with E-state index in [1.807, 2.05) is 0 Å². The first-order chi connectivity index (χ1) is 8.71. The lowest BCUT2D eigenvalue weighted by molar-refractivity contribution is -0.384. The molecule has 1 aromatic carbocycles. The number of nitro groups is 1. The average Bonchev–Trinajstić information content (AvgIpc) is 2.31. The molecule has 0 aromatic heterocycles. The van der Waals surface area contributed by atoms with Crippen molar-refractivity contribution < 1.29 is 23.0 Å². The van der Waals surface area contributed by atoms with Crippen LogP contribution in [0.3, 0.4) is 0 Å². The number of benzene rings is 1. The molecule has 1 aromatic rings. The van der Waals surface area contributed by atoms with E-state index in [4.69, 9.17) is 9.96 Å². The second kappa shape index (κ2) is 4.23. The van der Waals surface area contributed by atoms with Gasteiger partial charge in [-0.25, -0.2) is 0 Å². The van der Waals surface area contributed by atoms with Crippen LogP contribution in [0.2, 0.25) is 0 Å². The molecule has 0 radical (unpaired) electrons. The molecule has 0 amide bonds. The smallest absolute Gasteiger partial charge is 0.294 e. The van der Waals surface area contributed by atoms with E-state index in [0.717, 1.165) is 24.3 Å². The van der Waals surface area contributed by atoms with Gasteiger partial charge < -0.3 is 10.5 Å². The van der Waals surface area contributed by atoms with Crippen molar-refractivity contribution in [3.05, 3.63) is 45.5 Å². The molecular formula is C10H8N2O6S. The molecule has 1 aliphatic carbocycles. The molecule has 0 aliphatic heterocycles. The van der Waals surface area contributed by atoms with Crippen molar-refractivity contribution in [2.75, 3.05) is 0 Å². The van der Waals surface area contributed by atoms with Gasteiger partial charge in [-0.2, -0.15) is 8.42 Å². The number of nitro benzene ring substituents is 1. The van der Waals surface area contributed by atoms with E-state index in [1.54, 1.807) is 0 Å². The topological polar surface area (TPSA) is 142 Å². The molecular weight excluding hydrogens is 276 g/mol. The third-order valence-electron chi connectivity index (χ3n) is 2.65. The van der Waals surface area contributed by atoms with E-state index in [9.17, 15) is 23.6 Å². The summed E-state index contributed by atoms with van der Waals surface area (Å²) in [6.07, 6.45) is -0.727. The highest BCUT2D eigenvalue weighted by molar-refractivity contribution is 7.95. The highest BCUT2D eigenvalue weighted by Gasteiger charge is 2.30. The van der Waals surface area contributed by atoms with Crippen molar-refractivity contribution in [1.82, 2.24) is 0 Å². The molecule has 0 bridgehead atoms. The lowest BCUT2D eigenvalue weighted by Gasteiger charge is -2.20. The van der Waals surface area contributed by atoms with E-state index >= 15 is 0 Å². The fourth-order valence-corrected chi connectivity index (χ4v) is 2.53. The van der Waals surface area contributed by atoms with E-state index < -0.39 is 26.1 Å². The van der Waals surface area contributed by atoms with Crippen molar-refractivity contribution in [2.24, 2.45) is 0 Å². The Hall–Kier alpha value is -2.10. The number of nitrogens with one attached hydrogen (secondary N) is 1. The summed E-state index contributed by atoms with van der Waals surface area (Å²) in [4.78, 5) is 9.29. The number of fused-ring (bicyclic) bond motifs is 1. The minimum absolute atomic E-state index is 0.0215. The molecule has 0 spiro atoms. The summed E-state index contributed by atoms with van der Waals surface area (Å²) in [6.45, 7) is 0. The summed E-state index contributed by atoms with van der Waals surface area (Å²) in [5, 5.41) is 27.8. The molecule has 2 rings (SSSR count). The van der Waals surface area contributed by atoms with Crippen LogP contribution in [0.1, 0.15) is 11.1 Å². The Morgan fingerprint density at radius 3 is 2.47 bits per heavy atom. The van der Waals surface area contributed by atoms with Gasteiger partial charge in [0.2, 0.25) is 0 Å². The van der Waals surface area contributed by atoms with Crippen molar-refractivity contribution >= 4 is 26.4 Å². The molecule has 0 saturated heterocycles. The van der Waals surface area contributed by atoms with Crippen LogP contribution in [0, 0.1) is 15.5 Å². The van der Waals surface area contributed by atoms with Crippen LogP contribution in [-0.2, 0) is 10.1 Å². The average molecular weight is 284 g/mol. The summed E-state index contributed by atoms with van der Waals surface area (Å²) in [5.41, 5.74) is -0.824. The second-order valence-corrected chi connectivity index (χ2v) is 5.24. The number of rotatable bonds is 2. The molecule has 0 fully saturated rings. The van der Waals surface area contributed by atoms with E-state index in [-0.39, 0.29) is 22.5 Å². The zero-order valence-electron chi connectivity index (χ0n) is 9.27. The van der Waals surface area contributed by atoms with Crippen molar-refractivity contribution in [3.8, 4) is 0 Å². The first kappa shape index (κ1) is 13.3. The fraction of sp³-hybridized carbons (Fsp3) is 0.100. The summed E-state index contributed by atoms with van der Waals surface area (Å²) >= 11 is 0. The Labute approximate surface area is 107 Å². The van der Waals surface area contributed by atoms with E-state index in [2.05, 4.69) is 0 Å². The molecule has 3 N–H and O–H groups in total. The zero-order valence-corrected chi connectivity index (χ0v) is 10.1. The summed E-state index contributed by atoms with van der Waals surface area (Å²) < 4.78 is 31.5. The first-order valence-electron chi connectivity index (χ1n) is 4.97. The number of hydrogen-bond acceptors (Lipinski definition) is 6. The van der Waals surface area contributed by atoms with Crippen LogP contribution in [0.4, 0.5) is 5.69 Å². The normalized spacial score (nSPS) is 18.7. The molecule has 0 saturated carbocycles. The molecule has 1 atom stereocenters. The number of hydrogen-bond donors (Lipinski definition) is 3. The van der Waals surface area contributed by atoms with Gasteiger partial charge in [0.25, 0.3) is 15.8 Å². The maximum absolute atomic E-state index is 11.2. The largest absolute Gasteiger partial charge is 0.383 e. The lowest BCUT2D eigenvalue weighted by Crippen LogP contribution is -2.25. The number of non-ortho nitro benzene ring substituents is 1. The maximum atomic E-state index is 11.2. The Morgan fingerprint density at radius 2 is 1.95 bits per heavy atom. The molecule has 19 heavy (non-hydrogen) atoms. The van der Waals surface area contributed by atoms with Crippen molar-refractivity contribution in [3.63, 3.8) is 0 Å². The molecule has 1 unspecified atom stereocenters. The highest BCUT2D eigenvalue weighted by atomic mass is 32.2. The van der Waals surface area contributed by atoms with Gasteiger partial charge >= 0.3 is 0 Å². The fourth-order valence-electron chi connectivity index (χ4n) is 1.79. The number of aliphatic hydroxyl groups is 1. The van der Waals surface area contributed by atoms with Gasteiger partial charge in [0.1, 0.15) is 11.0 Å². The standard InChI is InChI=1S/C10H8N2O6S/c11-10-6-2-1-5(12(14)15)3-7(6)9(4-8(10)13)19(16,17)18/h1-4,8,11,13H,(H,16,17,18). The molecule has 9 heteroatoms. The minimum Gasteiger partial charge on any atom is -0.383 e. The van der Waals surface area contributed by atoms with Crippen molar-refractivity contribution in [1.29, 1.82) is 5.41 Å². The number of aliphatic hydroxyl groups excluding tert-OH is 1.